The number of halogens is 1. The Bertz CT molecular complexity index is 501. The van der Waals surface area contributed by atoms with E-state index in [2.05, 4.69) is 10.3 Å². The smallest absolute Gasteiger partial charge is 0.317 e. The van der Waals surface area contributed by atoms with Crippen LogP contribution < -0.4 is 5.32 Å². The van der Waals surface area contributed by atoms with Gasteiger partial charge in [-0.25, -0.2) is 9.78 Å². The minimum atomic E-state index is -0.670. The van der Waals surface area contributed by atoms with Crippen molar-refractivity contribution in [3.05, 3.63) is 29.8 Å². The van der Waals surface area contributed by atoms with E-state index in [0.29, 0.717) is 32.7 Å². The second-order valence-corrected chi connectivity index (χ2v) is 4.46. The van der Waals surface area contributed by atoms with Crippen LogP contribution in [0.15, 0.2) is 18.2 Å². The van der Waals surface area contributed by atoms with Crippen LogP contribution in [0.3, 0.4) is 0 Å². The molecule has 0 radical (unpaired) electrons. The first-order chi connectivity index (χ1) is 9.61. The van der Waals surface area contributed by atoms with Crippen molar-refractivity contribution in [1.82, 2.24) is 20.1 Å². The van der Waals surface area contributed by atoms with Gasteiger partial charge in [0.15, 0.2) is 0 Å². The van der Waals surface area contributed by atoms with Crippen molar-refractivity contribution in [2.75, 3.05) is 32.7 Å². The van der Waals surface area contributed by atoms with Gasteiger partial charge in [0.25, 0.3) is 5.91 Å². The fraction of sp³-hybridized carbons (Fsp3) is 0.462. The second kappa shape index (κ2) is 6.31. The average molecular weight is 280 g/mol. The van der Waals surface area contributed by atoms with Crippen molar-refractivity contribution in [2.45, 2.75) is 6.92 Å². The van der Waals surface area contributed by atoms with Gasteiger partial charge in [-0.2, -0.15) is 4.39 Å². The van der Waals surface area contributed by atoms with Gasteiger partial charge in [0.2, 0.25) is 5.95 Å². The summed E-state index contributed by atoms with van der Waals surface area (Å²) in [6.07, 6.45) is 0. The highest BCUT2D eigenvalue weighted by Crippen LogP contribution is 2.08. The van der Waals surface area contributed by atoms with E-state index in [1.54, 1.807) is 9.80 Å². The number of carbonyl (C=O) groups is 2. The minimum absolute atomic E-state index is 0.0939. The molecule has 1 aliphatic heterocycles. The van der Waals surface area contributed by atoms with Gasteiger partial charge in [-0.15, -0.1) is 0 Å². The van der Waals surface area contributed by atoms with E-state index in [-0.39, 0.29) is 17.6 Å². The number of hydrogen-bond donors (Lipinski definition) is 1. The van der Waals surface area contributed by atoms with E-state index in [4.69, 9.17) is 0 Å². The molecule has 0 unspecified atom stereocenters. The molecule has 0 atom stereocenters. The zero-order valence-corrected chi connectivity index (χ0v) is 11.3. The molecule has 0 saturated carbocycles. The van der Waals surface area contributed by atoms with Crippen molar-refractivity contribution >= 4 is 11.9 Å². The topological polar surface area (TPSA) is 65.5 Å². The maximum atomic E-state index is 13.0. The van der Waals surface area contributed by atoms with Gasteiger partial charge in [0.05, 0.1) is 0 Å². The number of aromatic nitrogens is 1. The first kappa shape index (κ1) is 14.2. The van der Waals surface area contributed by atoms with Crippen LogP contribution in [0.5, 0.6) is 0 Å². The lowest BCUT2D eigenvalue weighted by atomic mass is 10.2. The number of amides is 3. The summed E-state index contributed by atoms with van der Waals surface area (Å²) in [6, 6.07) is 4.02. The summed E-state index contributed by atoms with van der Waals surface area (Å²) in [5, 5.41) is 2.72. The van der Waals surface area contributed by atoms with Crippen molar-refractivity contribution in [2.24, 2.45) is 0 Å². The molecule has 7 heteroatoms. The fourth-order valence-electron chi connectivity index (χ4n) is 2.07. The van der Waals surface area contributed by atoms with E-state index in [9.17, 15) is 14.0 Å². The largest absolute Gasteiger partial charge is 0.338 e. The summed E-state index contributed by atoms with van der Waals surface area (Å²) in [7, 11) is 0. The van der Waals surface area contributed by atoms with Crippen LogP contribution in [0.4, 0.5) is 9.18 Å². The molecule has 1 aromatic heterocycles. The highest BCUT2D eigenvalue weighted by Gasteiger charge is 2.25. The molecule has 0 aliphatic carbocycles. The van der Waals surface area contributed by atoms with Gasteiger partial charge in [-0.3, -0.25) is 4.79 Å². The maximum Gasteiger partial charge on any atom is 0.317 e. The van der Waals surface area contributed by atoms with E-state index in [0.717, 1.165) is 0 Å². The van der Waals surface area contributed by atoms with Crippen molar-refractivity contribution < 1.29 is 14.0 Å². The molecule has 0 bridgehead atoms. The van der Waals surface area contributed by atoms with Crippen LogP contribution in [0.2, 0.25) is 0 Å². The monoisotopic (exact) mass is 280 g/mol. The molecule has 1 N–H and O–H groups in total. The zero-order chi connectivity index (χ0) is 14.5. The van der Waals surface area contributed by atoms with E-state index >= 15 is 0 Å². The molecule has 1 aromatic rings. The summed E-state index contributed by atoms with van der Waals surface area (Å²) in [5.74, 6) is -0.975. The summed E-state index contributed by atoms with van der Waals surface area (Å²) in [5.41, 5.74) is 0.0939. The van der Waals surface area contributed by atoms with Crippen LogP contribution in [0, 0.1) is 5.95 Å². The number of nitrogens with one attached hydrogen (secondary N) is 1. The van der Waals surface area contributed by atoms with Crippen LogP contribution in [0.25, 0.3) is 0 Å². The number of piperazine rings is 1. The fourth-order valence-corrected chi connectivity index (χ4v) is 2.07. The van der Waals surface area contributed by atoms with Crippen molar-refractivity contribution in [3.8, 4) is 0 Å². The number of urea groups is 1. The molecule has 6 nitrogen and oxygen atoms in total. The first-order valence-electron chi connectivity index (χ1n) is 6.56. The standard InChI is InChI=1S/C13H17FN4O2/c1-2-15-13(20)18-8-6-17(7-9-18)12(19)10-4-3-5-11(14)16-10/h3-5H,2,6-9H2,1H3,(H,15,20). The third-order valence-electron chi connectivity index (χ3n) is 3.12. The number of carbonyl (C=O) groups excluding carboxylic acids is 2. The summed E-state index contributed by atoms with van der Waals surface area (Å²) in [6.45, 7) is 4.21. The Labute approximate surface area is 116 Å². The van der Waals surface area contributed by atoms with Crippen LogP contribution in [-0.4, -0.2) is 59.4 Å². The van der Waals surface area contributed by atoms with E-state index in [1.165, 1.54) is 18.2 Å². The Morgan fingerprint density at radius 1 is 1.25 bits per heavy atom. The molecule has 1 fully saturated rings. The predicted molar refractivity (Wildman–Crippen MR) is 70.7 cm³/mol. The molecule has 1 saturated heterocycles. The average Bonchev–Trinajstić information content (AvgIpc) is 2.47. The molecule has 1 aliphatic rings. The van der Waals surface area contributed by atoms with Crippen molar-refractivity contribution in [3.63, 3.8) is 0 Å². The number of pyridine rings is 1. The first-order valence-corrected chi connectivity index (χ1v) is 6.56. The summed E-state index contributed by atoms with van der Waals surface area (Å²) < 4.78 is 13.0. The normalized spacial score (nSPS) is 15.1. The maximum absolute atomic E-state index is 13.0. The molecule has 2 rings (SSSR count). The van der Waals surface area contributed by atoms with E-state index in [1.807, 2.05) is 6.92 Å². The van der Waals surface area contributed by atoms with Crippen LogP contribution >= 0.6 is 0 Å². The van der Waals surface area contributed by atoms with Gasteiger partial charge < -0.3 is 15.1 Å². The molecular weight excluding hydrogens is 263 g/mol. The summed E-state index contributed by atoms with van der Waals surface area (Å²) in [4.78, 5) is 30.6. The quantitative estimate of drug-likeness (QED) is 0.811. The van der Waals surface area contributed by atoms with Gasteiger partial charge in [-0.05, 0) is 19.1 Å². The Morgan fingerprint density at radius 2 is 1.90 bits per heavy atom. The van der Waals surface area contributed by atoms with Gasteiger partial charge in [-0.1, -0.05) is 6.07 Å². The predicted octanol–water partition coefficient (Wildman–Crippen LogP) is 0.708. The molecule has 3 amide bonds. The van der Waals surface area contributed by atoms with Gasteiger partial charge in [0.1, 0.15) is 5.69 Å². The molecule has 0 aromatic carbocycles. The van der Waals surface area contributed by atoms with E-state index < -0.39 is 5.95 Å². The lowest BCUT2D eigenvalue weighted by Gasteiger charge is -2.34. The molecule has 108 valence electrons. The number of hydrogen-bond acceptors (Lipinski definition) is 3. The molecule has 20 heavy (non-hydrogen) atoms. The Kier molecular flexibility index (Phi) is 4.49. The molecule has 0 spiro atoms. The Balaban J connectivity index is 1.93. The van der Waals surface area contributed by atoms with Gasteiger partial charge in [0, 0.05) is 32.7 Å². The summed E-state index contributed by atoms with van der Waals surface area (Å²) >= 11 is 0. The molecule has 2 heterocycles. The molecular formula is C13H17FN4O2. The van der Waals surface area contributed by atoms with Crippen molar-refractivity contribution in [1.29, 1.82) is 0 Å². The second-order valence-electron chi connectivity index (χ2n) is 4.46. The van der Waals surface area contributed by atoms with Crippen LogP contribution in [0.1, 0.15) is 17.4 Å². The number of nitrogens with zero attached hydrogens (tertiary/aromatic N) is 3. The minimum Gasteiger partial charge on any atom is -0.338 e. The zero-order valence-electron chi connectivity index (χ0n) is 11.3. The van der Waals surface area contributed by atoms with Gasteiger partial charge >= 0.3 is 6.03 Å². The third-order valence-corrected chi connectivity index (χ3v) is 3.12. The highest BCUT2D eigenvalue weighted by molar-refractivity contribution is 5.92. The SMILES string of the molecule is CCNC(=O)N1CCN(C(=O)c2cccc(F)n2)CC1. The Morgan fingerprint density at radius 3 is 2.50 bits per heavy atom. The van der Waals surface area contributed by atoms with Crippen LogP contribution in [-0.2, 0) is 0 Å². The Hall–Kier alpha value is -2.18. The lowest BCUT2D eigenvalue weighted by Crippen LogP contribution is -2.53. The number of rotatable bonds is 2. The third kappa shape index (κ3) is 3.23. The highest BCUT2D eigenvalue weighted by atomic mass is 19.1. The lowest BCUT2D eigenvalue weighted by molar-refractivity contribution is 0.0658.